The lowest BCUT2D eigenvalue weighted by molar-refractivity contribution is 0.0296. The predicted octanol–water partition coefficient (Wildman–Crippen LogP) is 3.40. The van der Waals surface area contributed by atoms with Crippen LogP contribution in [0.3, 0.4) is 0 Å². The highest BCUT2D eigenvalue weighted by atomic mass is 79.9. The topological polar surface area (TPSA) is 19.9 Å². The van der Waals surface area contributed by atoms with Crippen molar-refractivity contribution in [3.63, 3.8) is 0 Å². The lowest BCUT2D eigenvalue weighted by atomic mass is 9.94. The van der Waals surface area contributed by atoms with Crippen LogP contribution in [0, 0.1) is 5.92 Å². The quantitative estimate of drug-likeness (QED) is 0.649. The van der Waals surface area contributed by atoms with Crippen molar-refractivity contribution in [2.45, 2.75) is 51.0 Å². The number of hydrogen-bond donors (Lipinski definition) is 0. The van der Waals surface area contributed by atoms with E-state index in [0.717, 1.165) is 6.42 Å². The summed E-state index contributed by atoms with van der Waals surface area (Å²) in [5.74, 6) is 0.298. The first-order chi connectivity index (χ1) is 4.87. The molecule has 2 unspecified atom stereocenters. The van der Waals surface area contributed by atoms with E-state index in [4.69, 9.17) is 0 Å². The summed E-state index contributed by atoms with van der Waals surface area (Å²) >= 11 is 3.48. The van der Waals surface area contributed by atoms with Crippen LogP contribution in [0.25, 0.3) is 0 Å². The normalized spacial score (nSPS) is 18.0. The van der Waals surface area contributed by atoms with E-state index in [9.17, 15) is 5.11 Å². The standard InChI is InChI=1S/C9H18BrO/c1-5-7(2)8(11)6-9(3,4)10/h7-8H,5-6H2,1-4H3. The Hall–Kier alpha value is 0.440. The zero-order chi connectivity index (χ0) is 9.07. The third-order valence-corrected chi connectivity index (χ3v) is 2.29. The summed E-state index contributed by atoms with van der Waals surface area (Å²) in [7, 11) is 0. The number of rotatable bonds is 4. The molecule has 0 amide bonds. The summed E-state index contributed by atoms with van der Waals surface area (Å²) in [6.07, 6.45) is 1.27. The fourth-order valence-electron chi connectivity index (χ4n) is 0.942. The Labute approximate surface area is 78.3 Å². The average molecular weight is 222 g/mol. The summed E-state index contributed by atoms with van der Waals surface area (Å²) < 4.78 is 0.00282. The molecule has 0 aliphatic heterocycles. The molecule has 1 nitrogen and oxygen atoms in total. The van der Waals surface area contributed by atoms with E-state index in [1.54, 1.807) is 0 Å². The van der Waals surface area contributed by atoms with Gasteiger partial charge >= 0.3 is 0 Å². The molecule has 0 saturated carbocycles. The van der Waals surface area contributed by atoms with Crippen LogP contribution in [-0.2, 0) is 5.11 Å². The van der Waals surface area contributed by atoms with Gasteiger partial charge in [0.25, 0.3) is 0 Å². The second kappa shape index (κ2) is 4.46. The Morgan fingerprint density at radius 3 is 2.18 bits per heavy atom. The maximum absolute atomic E-state index is 11.4. The van der Waals surface area contributed by atoms with Crippen molar-refractivity contribution >= 4 is 15.9 Å². The minimum atomic E-state index is -0.422. The molecule has 0 bridgehead atoms. The monoisotopic (exact) mass is 221 g/mol. The van der Waals surface area contributed by atoms with Gasteiger partial charge in [-0.05, 0) is 26.2 Å². The van der Waals surface area contributed by atoms with E-state index in [2.05, 4.69) is 22.9 Å². The van der Waals surface area contributed by atoms with Crippen LogP contribution in [0.2, 0.25) is 0 Å². The average Bonchev–Trinajstić information content (AvgIpc) is 1.82. The van der Waals surface area contributed by atoms with E-state index in [0.29, 0.717) is 12.3 Å². The Kier molecular flexibility index (Phi) is 4.64. The SMILES string of the molecule is CCC(C)C([O])CC(C)(C)Br. The second-order valence-electron chi connectivity index (χ2n) is 3.85. The lowest BCUT2D eigenvalue weighted by Crippen LogP contribution is -2.24. The fourth-order valence-corrected chi connectivity index (χ4v) is 1.26. The molecule has 0 aliphatic carbocycles. The first-order valence-corrected chi connectivity index (χ1v) is 5.01. The molecule has 0 aromatic rings. The van der Waals surface area contributed by atoms with Crippen LogP contribution >= 0.6 is 15.9 Å². The highest BCUT2D eigenvalue weighted by molar-refractivity contribution is 9.10. The molecule has 11 heavy (non-hydrogen) atoms. The molecular weight excluding hydrogens is 204 g/mol. The van der Waals surface area contributed by atoms with E-state index in [1.165, 1.54) is 0 Å². The van der Waals surface area contributed by atoms with Gasteiger partial charge in [-0.25, -0.2) is 5.11 Å². The Bertz CT molecular complexity index is 107. The van der Waals surface area contributed by atoms with Crippen LogP contribution in [0.15, 0.2) is 0 Å². The molecule has 2 heteroatoms. The summed E-state index contributed by atoms with van der Waals surface area (Å²) in [4.78, 5) is 0. The van der Waals surface area contributed by atoms with Gasteiger partial charge in [0.1, 0.15) is 0 Å². The molecular formula is C9H18BrO. The first-order valence-electron chi connectivity index (χ1n) is 4.21. The van der Waals surface area contributed by atoms with Crippen molar-refractivity contribution < 1.29 is 5.11 Å². The molecule has 0 spiro atoms. The van der Waals surface area contributed by atoms with Crippen molar-refractivity contribution in [2.75, 3.05) is 0 Å². The van der Waals surface area contributed by atoms with Crippen molar-refractivity contribution in [2.24, 2.45) is 5.92 Å². The van der Waals surface area contributed by atoms with Crippen molar-refractivity contribution in [3.05, 3.63) is 0 Å². The second-order valence-corrected chi connectivity index (χ2v) is 5.99. The van der Waals surface area contributed by atoms with Crippen LogP contribution in [0.4, 0.5) is 0 Å². The summed E-state index contributed by atoms with van der Waals surface area (Å²) in [5.41, 5.74) is 0. The molecule has 67 valence electrons. The number of alkyl halides is 1. The molecule has 0 fully saturated rings. The molecule has 1 radical (unpaired) electrons. The lowest BCUT2D eigenvalue weighted by Gasteiger charge is -2.22. The van der Waals surface area contributed by atoms with Gasteiger partial charge in [0, 0.05) is 4.32 Å². The highest BCUT2D eigenvalue weighted by Crippen LogP contribution is 2.26. The predicted molar refractivity (Wildman–Crippen MR) is 51.6 cm³/mol. The summed E-state index contributed by atoms with van der Waals surface area (Å²) in [6.45, 7) is 8.17. The molecule has 2 atom stereocenters. The Morgan fingerprint density at radius 1 is 1.45 bits per heavy atom. The van der Waals surface area contributed by atoms with Gasteiger partial charge in [0.05, 0.1) is 6.10 Å². The largest absolute Gasteiger partial charge is 0.233 e. The van der Waals surface area contributed by atoms with Crippen molar-refractivity contribution in [1.29, 1.82) is 0 Å². The smallest absolute Gasteiger partial charge is 0.0968 e. The van der Waals surface area contributed by atoms with Gasteiger partial charge in [-0.3, -0.25) is 0 Å². The van der Waals surface area contributed by atoms with Crippen molar-refractivity contribution in [1.82, 2.24) is 0 Å². The van der Waals surface area contributed by atoms with Gasteiger partial charge in [-0.15, -0.1) is 0 Å². The molecule has 0 heterocycles. The first kappa shape index (κ1) is 11.4. The molecule has 0 saturated heterocycles. The minimum absolute atomic E-state index is 0.00282. The zero-order valence-corrected chi connectivity index (χ0v) is 9.44. The maximum Gasteiger partial charge on any atom is 0.0968 e. The van der Waals surface area contributed by atoms with E-state index >= 15 is 0 Å². The number of halogens is 1. The fraction of sp³-hybridized carbons (Fsp3) is 1.00. The van der Waals surface area contributed by atoms with Crippen LogP contribution in [0.5, 0.6) is 0 Å². The number of hydrogen-bond acceptors (Lipinski definition) is 0. The van der Waals surface area contributed by atoms with E-state index in [-0.39, 0.29) is 4.32 Å². The summed E-state index contributed by atoms with van der Waals surface area (Å²) in [5, 5.41) is 11.4. The van der Waals surface area contributed by atoms with Gasteiger partial charge in [-0.2, -0.15) is 0 Å². The summed E-state index contributed by atoms with van der Waals surface area (Å²) in [6, 6.07) is 0. The van der Waals surface area contributed by atoms with Crippen molar-refractivity contribution in [3.8, 4) is 0 Å². The Morgan fingerprint density at radius 2 is 1.91 bits per heavy atom. The molecule has 0 N–H and O–H groups in total. The van der Waals surface area contributed by atoms with Gasteiger partial charge in [0.2, 0.25) is 0 Å². The van der Waals surface area contributed by atoms with Gasteiger partial charge in [0.15, 0.2) is 0 Å². The minimum Gasteiger partial charge on any atom is -0.233 e. The van der Waals surface area contributed by atoms with Gasteiger partial charge < -0.3 is 0 Å². The third-order valence-electron chi connectivity index (χ3n) is 1.97. The maximum atomic E-state index is 11.4. The Balaban J connectivity index is 3.77. The third kappa shape index (κ3) is 5.68. The van der Waals surface area contributed by atoms with Crippen LogP contribution in [0.1, 0.15) is 40.5 Å². The van der Waals surface area contributed by atoms with E-state index < -0.39 is 6.10 Å². The molecule has 0 aliphatic rings. The van der Waals surface area contributed by atoms with Gasteiger partial charge in [-0.1, -0.05) is 36.2 Å². The van der Waals surface area contributed by atoms with Crippen LogP contribution in [-0.4, -0.2) is 10.4 Å². The molecule has 0 aromatic heterocycles. The molecule has 0 aromatic carbocycles. The zero-order valence-electron chi connectivity index (χ0n) is 7.86. The molecule has 0 rings (SSSR count). The van der Waals surface area contributed by atoms with E-state index in [1.807, 2.05) is 20.8 Å². The van der Waals surface area contributed by atoms with Crippen LogP contribution < -0.4 is 0 Å². The highest BCUT2D eigenvalue weighted by Gasteiger charge is 2.23.